The Morgan fingerprint density at radius 2 is 0.958 bits per heavy atom. The van der Waals surface area contributed by atoms with Gasteiger partial charge in [-0.3, -0.25) is 14.4 Å². The van der Waals surface area contributed by atoms with Gasteiger partial charge >= 0.3 is 6.18 Å². The average Bonchev–Trinajstić information content (AvgIpc) is 3.61. The van der Waals surface area contributed by atoms with E-state index in [1.807, 2.05) is 60.7 Å². The highest BCUT2D eigenvalue weighted by molar-refractivity contribution is 6.41. The van der Waals surface area contributed by atoms with Crippen molar-refractivity contribution in [2.45, 2.75) is 17.0 Å². The smallest absolute Gasteiger partial charge is 0.297 e. The summed E-state index contributed by atoms with van der Waals surface area (Å²) in [5.74, 6) is -4.44. The molecule has 2 bridgehead atoms. The number of allylic oxidation sites excluding steroid dienone is 2. The second-order valence-electron chi connectivity index (χ2n) is 12.3. The van der Waals surface area contributed by atoms with Gasteiger partial charge in [-0.05, 0) is 51.6 Å². The quantitative estimate of drug-likeness (QED) is 0.178. The number of hydrogen-bond acceptors (Lipinski definition) is 3. The van der Waals surface area contributed by atoms with Crippen LogP contribution >= 0.6 is 11.6 Å². The largest absolute Gasteiger partial charge is 0.416 e. The Balaban J connectivity index is 1.53. The summed E-state index contributed by atoms with van der Waals surface area (Å²) in [4.78, 5) is 46.6. The Hall–Kier alpha value is -5.27. The highest BCUT2D eigenvalue weighted by Gasteiger charge is 2.82. The molecule has 8 rings (SSSR count). The van der Waals surface area contributed by atoms with Gasteiger partial charge < -0.3 is 0 Å². The topological polar surface area (TPSA) is 54.5 Å². The van der Waals surface area contributed by atoms with Crippen LogP contribution in [0.15, 0.2) is 140 Å². The molecular formula is C40H25ClF3NO3. The van der Waals surface area contributed by atoms with Crippen LogP contribution in [-0.2, 0) is 31.4 Å². The van der Waals surface area contributed by atoms with Gasteiger partial charge in [-0.2, -0.15) is 13.2 Å². The molecule has 1 saturated heterocycles. The number of Topliss-reactive ketones (excluding diaryl/α,β-unsaturated/α-hetero) is 1. The maximum Gasteiger partial charge on any atom is 0.416 e. The minimum atomic E-state index is -4.75. The summed E-state index contributed by atoms with van der Waals surface area (Å²) in [7, 11) is 0. The number of benzene rings is 5. The van der Waals surface area contributed by atoms with Crippen LogP contribution in [0.3, 0.4) is 0 Å². The van der Waals surface area contributed by atoms with Gasteiger partial charge in [0.2, 0.25) is 11.8 Å². The molecule has 8 heteroatoms. The molecule has 3 aliphatic rings. The van der Waals surface area contributed by atoms with Crippen molar-refractivity contribution in [3.63, 3.8) is 0 Å². The number of halogens is 4. The lowest BCUT2D eigenvalue weighted by Gasteiger charge is -2.39. The van der Waals surface area contributed by atoms with Crippen molar-refractivity contribution in [1.29, 1.82) is 0 Å². The third-order valence-corrected chi connectivity index (χ3v) is 10.4. The monoisotopic (exact) mass is 659 g/mol. The summed E-state index contributed by atoms with van der Waals surface area (Å²) in [5, 5.41) is -0.189. The number of imide groups is 1. The summed E-state index contributed by atoms with van der Waals surface area (Å²) < 4.78 is 41.9. The van der Waals surface area contributed by atoms with Gasteiger partial charge in [0.05, 0.1) is 38.9 Å². The third kappa shape index (κ3) is 3.82. The number of carbonyl (C=O) groups is 3. The molecule has 0 spiro atoms. The van der Waals surface area contributed by atoms with Crippen LogP contribution in [0.5, 0.6) is 0 Å². The lowest BCUT2D eigenvalue weighted by molar-refractivity contribution is -0.137. The van der Waals surface area contributed by atoms with Crippen LogP contribution in [0.4, 0.5) is 18.9 Å². The number of amides is 2. The number of rotatable bonds is 5. The van der Waals surface area contributed by atoms with E-state index in [0.29, 0.717) is 33.4 Å². The first-order chi connectivity index (χ1) is 23.1. The highest BCUT2D eigenvalue weighted by atomic mass is 35.5. The van der Waals surface area contributed by atoms with Crippen molar-refractivity contribution in [2.24, 2.45) is 11.8 Å². The van der Waals surface area contributed by atoms with E-state index in [0.717, 1.165) is 23.1 Å². The van der Waals surface area contributed by atoms with Gasteiger partial charge in [0.1, 0.15) is 0 Å². The zero-order valence-corrected chi connectivity index (χ0v) is 25.9. The molecule has 1 saturated carbocycles. The molecule has 48 heavy (non-hydrogen) atoms. The second-order valence-corrected chi connectivity index (χ2v) is 12.7. The third-order valence-electron chi connectivity index (χ3n) is 10.1. The van der Waals surface area contributed by atoms with E-state index in [9.17, 15) is 13.2 Å². The lowest BCUT2D eigenvalue weighted by atomic mass is 9.59. The summed E-state index contributed by atoms with van der Waals surface area (Å²) in [6.45, 7) is 0. The lowest BCUT2D eigenvalue weighted by Crippen LogP contribution is -2.45. The zero-order valence-electron chi connectivity index (χ0n) is 25.1. The van der Waals surface area contributed by atoms with Crippen LogP contribution in [0.1, 0.15) is 27.8 Å². The van der Waals surface area contributed by atoms with Crippen molar-refractivity contribution < 1.29 is 27.6 Å². The van der Waals surface area contributed by atoms with Crippen molar-refractivity contribution in [2.75, 3.05) is 4.90 Å². The number of nitrogens with zero attached hydrogens (tertiary/aromatic N) is 1. The molecule has 0 N–H and O–H groups in total. The standard InChI is InChI=1S/C40H25ClF3NO3/c41-29-22-21-28(40(42,43)44)23-30(29)45-35(46)33-34(36(45)47)39(27-19-11-4-12-20-27)32(25-15-7-2-8-16-25)31(24-13-5-1-6-14-24)38(33,37(39)48)26-17-9-3-10-18-26/h1-23,33-34H. The van der Waals surface area contributed by atoms with Crippen molar-refractivity contribution in [1.82, 2.24) is 0 Å². The Bertz CT molecular complexity index is 2030. The van der Waals surface area contributed by atoms with Crippen LogP contribution in [0.25, 0.3) is 11.1 Å². The van der Waals surface area contributed by atoms with Gasteiger partial charge in [0, 0.05) is 0 Å². The molecule has 0 radical (unpaired) electrons. The van der Waals surface area contributed by atoms with Gasteiger partial charge in [0.25, 0.3) is 0 Å². The molecule has 2 fully saturated rings. The van der Waals surface area contributed by atoms with Crippen molar-refractivity contribution in [3.05, 3.63) is 172 Å². The minimum absolute atomic E-state index is 0.189. The van der Waals surface area contributed by atoms with E-state index in [2.05, 4.69) is 0 Å². The maximum absolute atomic E-state index is 15.8. The first-order valence-corrected chi connectivity index (χ1v) is 15.8. The van der Waals surface area contributed by atoms with Crippen LogP contribution in [-0.4, -0.2) is 17.6 Å². The molecule has 1 heterocycles. The molecular weight excluding hydrogens is 635 g/mol. The Kier molecular flexibility index (Phi) is 6.66. The summed E-state index contributed by atoms with van der Waals surface area (Å²) in [6.07, 6.45) is -4.75. The van der Waals surface area contributed by atoms with Gasteiger partial charge in [-0.1, -0.05) is 133 Å². The molecule has 4 atom stereocenters. The number of ketones is 1. The molecule has 5 aromatic carbocycles. The summed E-state index contributed by atoms with van der Waals surface area (Å²) in [6, 6.07) is 39.1. The number of carbonyl (C=O) groups excluding carboxylic acids is 3. The number of alkyl halides is 3. The van der Waals surface area contributed by atoms with E-state index in [1.165, 1.54) is 0 Å². The molecule has 0 aromatic heterocycles. The normalized spacial score (nSPS) is 24.8. The number of anilines is 1. The van der Waals surface area contributed by atoms with E-state index in [-0.39, 0.29) is 16.5 Å². The first-order valence-electron chi connectivity index (χ1n) is 15.4. The van der Waals surface area contributed by atoms with E-state index >= 15 is 14.4 Å². The fraction of sp³-hybridized carbons (Fsp3) is 0.125. The molecule has 1 aliphatic heterocycles. The molecule has 5 aromatic rings. The maximum atomic E-state index is 15.8. The molecule has 2 aliphatic carbocycles. The molecule has 2 amide bonds. The first kappa shape index (κ1) is 30.1. The Labute approximate surface area is 279 Å². The SMILES string of the molecule is O=C1C2C(C(=O)N1c1cc(C(F)(F)F)ccc1Cl)C1(c3ccccc3)C(=O)C2(c2ccccc2)C(c2ccccc2)=C1c1ccccc1. The fourth-order valence-electron chi connectivity index (χ4n) is 8.43. The van der Waals surface area contributed by atoms with Gasteiger partial charge in [-0.15, -0.1) is 0 Å². The predicted molar refractivity (Wildman–Crippen MR) is 177 cm³/mol. The number of fused-ring (bicyclic) bond motifs is 5. The van der Waals surface area contributed by atoms with Crippen LogP contribution in [0.2, 0.25) is 5.02 Å². The minimum Gasteiger partial charge on any atom is -0.297 e. The van der Waals surface area contributed by atoms with Gasteiger partial charge in [0.15, 0.2) is 5.78 Å². The van der Waals surface area contributed by atoms with E-state index in [4.69, 9.17) is 11.6 Å². The van der Waals surface area contributed by atoms with Crippen LogP contribution < -0.4 is 4.90 Å². The Morgan fingerprint density at radius 1 is 0.562 bits per heavy atom. The highest BCUT2D eigenvalue weighted by Crippen LogP contribution is 2.74. The van der Waals surface area contributed by atoms with Gasteiger partial charge in [-0.25, -0.2) is 4.90 Å². The second kappa shape index (κ2) is 10.6. The average molecular weight is 660 g/mol. The fourth-order valence-corrected chi connectivity index (χ4v) is 8.63. The predicted octanol–water partition coefficient (Wildman–Crippen LogP) is 8.55. The van der Waals surface area contributed by atoms with Crippen molar-refractivity contribution in [3.8, 4) is 0 Å². The van der Waals surface area contributed by atoms with Crippen molar-refractivity contribution >= 4 is 46.0 Å². The number of hydrogen-bond donors (Lipinski definition) is 0. The molecule has 236 valence electrons. The van der Waals surface area contributed by atoms with Crippen LogP contribution in [0, 0.1) is 11.8 Å². The Morgan fingerprint density at radius 3 is 1.35 bits per heavy atom. The summed E-state index contributed by atoms with van der Waals surface area (Å²) >= 11 is 6.49. The summed E-state index contributed by atoms with van der Waals surface area (Å²) in [5.41, 5.74) is -1.16. The molecule has 4 unspecified atom stereocenters. The zero-order chi connectivity index (χ0) is 33.4. The van der Waals surface area contributed by atoms with E-state index < -0.39 is 46.2 Å². The molecule has 4 nitrogen and oxygen atoms in total. The van der Waals surface area contributed by atoms with E-state index in [1.54, 1.807) is 60.7 Å².